The van der Waals surface area contributed by atoms with Gasteiger partial charge in [-0.1, -0.05) is 80.0 Å². The number of hydrogen-bond acceptors (Lipinski definition) is 4. The zero-order chi connectivity index (χ0) is 29.4. The van der Waals surface area contributed by atoms with Gasteiger partial charge in [0.15, 0.2) is 5.78 Å². The number of benzene rings is 3. The lowest BCUT2D eigenvalue weighted by Crippen LogP contribution is -2.39. The van der Waals surface area contributed by atoms with Gasteiger partial charge in [-0.05, 0) is 46.9 Å². The van der Waals surface area contributed by atoms with E-state index >= 15 is 0 Å². The number of methoxy groups -OCH3 is 1. The summed E-state index contributed by atoms with van der Waals surface area (Å²) in [7, 11) is 1.43. The molecular weight excluding hydrogens is 543 g/mol. The molecule has 1 amide bonds. The molecule has 9 heteroatoms. The van der Waals surface area contributed by atoms with Crippen molar-refractivity contribution in [1.29, 1.82) is 0 Å². The Morgan fingerprint density at radius 3 is 2.08 bits per heavy atom. The molecule has 0 fully saturated rings. The number of Topliss-reactive ketones (excluding diaryl/α,β-unsaturated/α-hetero) is 2. The maximum Gasteiger partial charge on any atom is 0.450 e. The minimum atomic E-state index is -5.08. The highest BCUT2D eigenvalue weighted by Gasteiger charge is 2.45. The Hall–Kier alpha value is -3.65. The fourth-order valence-electron chi connectivity index (χ4n) is 4.59. The molecule has 3 rings (SSSR count). The van der Waals surface area contributed by atoms with E-state index in [1.807, 2.05) is 36.4 Å². The van der Waals surface area contributed by atoms with Gasteiger partial charge in [0.05, 0.1) is 7.11 Å². The van der Waals surface area contributed by atoms with Crippen LogP contribution in [0.15, 0.2) is 78.9 Å². The maximum absolute atomic E-state index is 13.5. The van der Waals surface area contributed by atoms with E-state index in [-0.39, 0.29) is 6.42 Å². The zero-order valence-corrected chi connectivity index (χ0v) is 23.1. The van der Waals surface area contributed by atoms with E-state index in [1.165, 1.54) is 27.0 Å². The molecule has 0 heterocycles. The molecule has 3 aromatic rings. The monoisotopic (exact) mass is 573 g/mol. The molecular formula is C31H31ClF3NO4. The third kappa shape index (κ3) is 8.18. The summed E-state index contributed by atoms with van der Waals surface area (Å²) in [6.07, 6.45) is -5.83. The summed E-state index contributed by atoms with van der Waals surface area (Å²) in [6, 6.07) is 21.5. The first-order chi connectivity index (χ1) is 18.9. The van der Waals surface area contributed by atoms with Gasteiger partial charge in [0, 0.05) is 29.7 Å². The molecule has 0 aliphatic carbocycles. The van der Waals surface area contributed by atoms with E-state index in [4.69, 9.17) is 16.3 Å². The van der Waals surface area contributed by atoms with E-state index in [9.17, 15) is 27.6 Å². The Labute approximate surface area is 236 Å². The van der Waals surface area contributed by atoms with Gasteiger partial charge in [0.2, 0.25) is 11.7 Å². The topological polar surface area (TPSA) is 72.5 Å². The largest absolute Gasteiger partial charge is 0.497 e. The van der Waals surface area contributed by atoms with Crippen LogP contribution in [0.1, 0.15) is 55.3 Å². The van der Waals surface area contributed by atoms with Gasteiger partial charge in [-0.15, -0.1) is 0 Å². The van der Waals surface area contributed by atoms with Gasteiger partial charge in [-0.25, -0.2) is 0 Å². The summed E-state index contributed by atoms with van der Waals surface area (Å²) in [5.41, 5.74) is 1.97. The molecule has 212 valence electrons. The predicted octanol–water partition coefficient (Wildman–Crippen LogP) is 7.09. The SMILES string of the molecule is COc1cccc([C@H](NC(=O)CC(c2ccccc2)c2cccc(Cl)c2)C(=O)C[C@H](C(=O)C(F)(F)F)C(C)C)c1. The first-order valence-electron chi connectivity index (χ1n) is 12.8. The lowest BCUT2D eigenvalue weighted by molar-refractivity contribution is -0.177. The third-order valence-corrected chi connectivity index (χ3v) is 6.97. The highest BCUT2D eigenvalue weighted by molar-refractivity contribution is 6.30. The Kier molecular flexibility index (Phi) is 10.5. The minimum Gasteiger partial charge on any atom is -0.497 e. The van der Waals surface area contributed by atoms with E-state index in [0.717, 1.165) is 11.1 Å². The molecule has 0 bridgehead atoms. The molecule has 0 aliphatic heterocycles. The number of ketones is 2. The van der Waals surface area contributed by atoms with Crippen LogP contribution in [-0.2, 0) is 14.4 Å². The van der Waals surface area contributed by atoms with Crippen LogP contribution in [0.5, 0.6) is 5.75 Å². The molecule has 0 radical (unpaired) electrons. The number of nitrogens with one attached hydrogen (secondary N) is 1. The number of rotatable bonds is 12. The average molecular weight is 574 g/mol. The summed E-state index contributed by atoms with van der Waals surface area (Å²) < 4.78 is 45.1. The molecule has 0 saturated carbocycles. The quantitative estimate of drug-likeness (QED) is 0.251. The van der Waals surface area contributed by atoms with Gasteiger partial charge in [-0.3, -0.25) is 14.4 Å². The summed E-state index contributed by atoms with van der Waals surface area (Å²) >= 11 is 6.21. The van der Waals surface area contributed by atoms with Crippen LogP contribution < -0.4 is 10.1 Å². The van der Waals surface area contributed by atoms with E-state index in [2.05, 4.69) is 5.32 Å². The lowest BCUT2D eigenvalue weighted by Gasteiger charge is -2.25. The fraction of sp³-hybridized carbons (Fsp3) is 0.323. The van der Waals surface area contributed by atoms with Crippen LogP contribution in [0.2, 0.25) is 5.02 Å². The molecule has 0 aliphatic rings. The van der Waals surface area contributed by atoms with Crippen molar-refractivity contribution in [2.24, 2.45) is 11.8 Å². The number of carbonyl (C=O) groups is 3. The maximum atomic E-state index is 13.5. The van der Waals surface area contributed by atoms with Crippen molar-refractivity contribution >= 4 is 29.1 Å². The lowest BCUT2D eigenvalue weighted by atomic mass is 9.84. The first kappa shape index (κ1) is 30.9. The van der Waals surface area contributed by atoms with Crippen LogP contribution in [0.4, 0.5) is 13.2 Å². The highest BCUT2D eigenvalue weighted by Crippen LogP contribution is 2.32. The summed E-state index contributed by atoms with van der Waals surface area (Å²) in [6.45, 7) is 2.91. The number of carbonyl (C=O) groups excluding carboxylic acids is 3. The van der Waals surface area contributed by atoms with Crippen LogP contribution in [0.25, 0.3) is 0 Å². The third-order valence-electron chi connectivity index (χ3n) is 6.74. The van der Waals surface area contributed by atoms with Crippen LogP contribution in [0.3, 0.4) is 0 Å². The normalized spacial score (nSPS) is 13.8. The fourth-order valence-corrected chi connectivity index (χ4v) is 4.79. The van der Waals surface area contributed by atoms with Crippen LogP contribution in [-0.4, -0.2) is 30.8 Å². The molecule has 0 aromatic heterocycles. The molecule has 1 N–H and O–H groups in total. The molecule has 0 saturated heterocycles. The molecule has 5 nitrogen and oxygen atoms in total. The van der Waals surface area contributed by atoms with Gasteiger partial charge >= 0.3 is 6.18 Å². The Bertz CT molecular complexity index is 1330. The van der Waals surface area contributed by atoms with Crippen LogP contribution in [0, 0.1) is 11.8 Å². The van der Waals surface area contributed by atoms with Gasteiger partial charge in [-0.2, -0.15) is 13.2 Å². The van der Waals surface area contributed by atoms with E-state index < -0.39 is 53.9 Å². The second-order valence-electron chi connectivity index (χ2n) is 9.88. The Morgan fingerprint density at radius 1 is 0.850 bits per heavy atom. The Morgan fingerprint density at radius 2 is 1.48 bits per heavy atom. The molecule has 3 aromatic carbocycles. The molecule has 3 atom stereocenters. The standard InChI is InChI=1S/C31H31ClF3NO4/c1-19(2)25(30(39)31(33,34)35)17-27(37)29(22-12-8-14-24(16-22)40-3)36-28(38)18-26(20-9-5-4-6-10-20)21-11-7-13-23(32)15-21/h4-16,19,25-26,29H,17-18H2,1-3H3,(H,36,38)/t25-,26?,29-/m0/s1. The first-order valence-corrected chi connectivity index (χ1v) is 13.2. The molecule has 40 heavy (non-hydrogen) atoms. The summed E-state index contributed by atoms with van der Waals surface area (Å²) in [5, 5.41) is 3.22. The molecule has 0 spiro atoms. The zero-order valence-electron chi connectivity index (χ0n) is 22.4. The van der Waals surface area contributed by atoms with Crippen molar-refractivity contribution in [3.8, 4) is 5.75 Å². The van der Waals surface area contributed by atoms with Crippen molar-refractivity contribution in [2.75, 3.05) is 7.11 Å². The number of halogens is 4. The van der Waals surface area contributed by atoms with Crippen molar-refractivity contribution < 1.29 is 32.3 Å². The second-order valence-corrected chi connectivity index (χ2v) is 10.3. The van der Waals surface area contributed by atoms with E-state index in [1.54, 1.807) is 36.4 Å². The van der Waals surface area contributed by atoms with Crippen molar-refractivity contribution in [2.45, 2.75) is 44.8 Å². The summed E-state index contributed by atoms with van der Waals surface area (Å²) in [4.78, 5) is 39.1. The van der Waals surface area contributed by atoms with Gasteiger partial charge in [0.1, 0.15) is 11.8 Å². The number of hydrogen-bond donors (Lipinski definition) is 1. The molecule has 1 unspecified atom stereocenters. The second kappa shape index (κ2) is 13.6. The number of alkyl halides is 3. The highest BCUT2D eigenvalue weighted by atomic mass is 35.5. The number of amides is 1. The van der Waals surface area contributed by atoms with Crippen LogP contribution >= 0.6 is 11.6 Å². The van der Waals surface area contributed by atoms with Crippen molar-refractivity contribution in [1.82, 2.24) is 5.32 Å². The van der Waals surface area contributed by atoms with Crippen molar-refractivity contribution in [3.63, 3.8) is 0 Å². The average Bonchev–Trinajstić information content (AvgIpc) is 2.92. The number of ether oxygens (including phenoxy) is 1. The van der Waals surface area contributed by atoms with E-state index in [0.29, 0.717) is 16.3 Å². The smallest absolute Gasteiger partial charge is 0.450 e. The minimum absolute atomic E-state index is 0.0623. The Balaban J connectivity index is 1.94. The van der Waals surface area contributed by atoms with Gasteiger partial charge in [0.25, 0.3) is 0 Å². The van der Waals surface area contributed by atoms with Crippen molar-refractivity contribution in [3.05, 3.63) is 101 Å². The predicted molar refractivity (Wildman–Crippen MR) is 147 cm³/mol. The summed E-state index contributed by atoms with van der Waals surface area (Å²) in [5.74, 6) is -5.51. The van der Waals surface area contributed by atoms with Gasteiger partial charge < -0.3 is 10.1 Å².